The van der Waals surface area contributed by atoms with Gasteiger partial charge in [0.2, 0.25) is 0 Å². The molecule has 4 nitrogen and oxygen atoms in total. The molecular formula is C19H26N4. The molecule has 0 bridgehead atoms. The largest absolute Gasteiger partial charge is 0.356 e. The molecule has 0 saturated carbocycles. The van der Waals surface area contributed by atoms with Crippen molar-refractivity contribution in [1.82, 2.24) is 9.97 Å². The predicted molar refractivity (Wildman–Crippen MR) is 96.6 cm³/mol. The first-order chi connectivity index (χ1) is 11.1. The topological polar surface area (TPSA) is 41.1 Å². The van der Waals surface area contributed by atoms with E-state index in [-0.39, 0.29) is 0 Å². The van der Waals surface area contributed by atoms with Crippen LogP contribution in [0.3, 0.4) is 0 Å². The molecule has 0 spiro atoms. The lowest BCUT2D eigenvalue weighted by Gasteiger charge is -2.28. The highest BCUT2D eigenvalue weighted by Gasteiger charge is 2.14. The van der Waals surface area contributed by atoms with Crippen LogP contribution in [0, 0.1) is 6.92 Å². The van der Waals surface area contributed by atoms with Gasteiger partial charge in [-0.3, -0.25) is 0 Å². The fourth-order valence-corrected chi connectivity index (χ4v) is 3.15. The summed E-state index contributed by atoms with van der Waals surface area (Å²) in [4.78, 5) is 11.6. The van der Waals surface area contributed by atoms with E-state index >= 15 is 0 Å². The first kappa shape index (κ1) is 15.8. The number of anilines is 3. The summed E-state index contributed by atoms with van der Waals surface area (Å²) in [5.74, 6) is 3.22. The molecule has 1 aromatic heterocycles. The van der Waals surface area contributed by atoms with Crippen LogP contribution in [0.2, 0.25) is 0 Å². The Kier molecular flexibility index (Phi) is 4.79. The van der Waals surface area contributed by atoms with Crippen molar-refractivity contribution in [3.8, 4) is 0 Å². The van der Waals surface area contributed by atoms with Gasteiger partial charge < -0.3 is 10.2 Å². The van der Waals surface area contributed by atoms with Crippen LogP contribution in [0.4, 0.5) is 17.3 Å². The van der Waals surface area contributed by atoms with E-state index in [0.717, 1.165) is 36.2 Å². The quantitative estimate of drug-likeness (QED) is 0.893. The Hall–Kier alpha value is -2.10. The van der Waals surface area contributed by atoms with E-state index in [1.165, 1.54) is 24.8 Å². The van der Waals surface area contributed by atoms with Gasteiger partial charge in [-0.1, -0.05) is 32.0 Å². The van der Waals surface area contributed by atoms with Crippen molar-refractivity contribution >= 4 is 17.3 Å². The van der Waals surface area contributed by atoms with Gasteiger partial charge in [0.1, 0.15) is 17.5 Å². The van der Waals surface area contributed by atoms with Gasteiger partial charge in [-0.25, -0.2) is 9.97 Å². The summed E-state index contributed by atoms with van der Waals surface area (Å²) in [6, 6.07) is 10.5. The maximum atomic E-state index is 4.63. The SMILES string of the molecule is Cc1nc(Nc2ccccc2C(C)C)cc(N2CCCCC2)n1. The highest BCUT2D eigenvalue weighted by molar-refractivity contribution is 5.63. The average Bonchev–Trinajstić information content (AvgIpc) is 2.55. The van der Waals surface area contributed by atoms with E-state index in [4.69, 9.17) is 0 Å². The number of nitrogens with zero attached hydrogens (tertiary/aromatic N) is 3. The van der Waals surface area contributed by atoms with Crippen LogP contribution >= 0.6 is 0 Å². The van der Waals surface area contributed by atoms with Gasteiger partial charge in [0, 0.05) is 24.8 Å². The van der Waals surface area contributed by atoms with E-state index in [9.17, 15) is 0 Å². The van der Waals surface area contributed by atoms with Gasteiger partial charge in [-0.2, -0.15) is 0 Å². The van der Waals surface area contributed by atoms with Gasteiger partial charge in [0.25, 0.3) is 0 Å². The van der Waals surface area contributed by atoms with Crippen LogP contribution in [0.5, 0.6) is 0 Å². The summed E-state index contributed by atoms with van der Waals surface area (Å²) in [5, 5.41) is 3.50. The van der Waals surface area contributed by atoms with Crippen LogP contribution < -0.4 is 10.2 Å². The third kappa shape index (κ3) is 3.81. The van der Waals surface area contributed by atoms with E-state index in [2.05, 4.69) is 64.4 Å². The van der Waals surface area contributed by atoms with Gasteiger partial charge in [0.15, 0.2) is 0 Å². The number of aryl methyl sites for hydroxylation is 1. The maximum absolute atomic E-state index is 4.63. The molecule has 1 fully saturated rings. The molecule has 0 amide bonds. The van der Waals surface area contributed by atoms with Crippen molar-refractivity contribution in [1.29, 1.82) is 0 Å². The molecule has 1 aromatic carbocycles. The van der Waals surface area contributed by atoms with E-state index in [0.29, 0.717) is 5.92 Å². The third-order valence-corrected chi connectivity index (χ3v) is 4.35. The predicted octanol–water partition coefficient (Wildman–Crippen LogP) is 4.64. The lowest BCUT2D eigenvalue weighted by molar-refractivity contribution is 0.572. The molecule has 0 aliphatic carbocycles. The fraction of sp³-hybridized carbons (Fsp3) is 0.474. The molecule has 1 aliphatic rings. The first-order valence-electron chi connectivity index (χ1n) is 8.60. The Labute approximate surface area is 139 Å². The van der Waals surface area contributed by atoms with Crippen molar-refractivity contribution in [3.63, 3.8) is 0 Å². The molecule has 1 aliphatic heterocycles. The van der Waals surface area contributed by atoms with E-state index in [1.807, 2.05) is 6.92 Å². The van der Waals surface area contributed by atoms with Crippen LogP contribution in [0.25, 0.3) is 0 Å². The minimum absolute atomic E-state index is 0.475. The van der Waals surface area contributed by atoms with Gasteiger partial charge in [-0.15, -0.1) is 0 Å². The van der Waals surface area contributed by atoms with Crippen molar-refractivity contribution in [2.45, 2.75) is 46.0 Å². The van der Waals surface area contributed by atoms with Crippen LogP contribution in [-0.2, 0) is 0 Å². The number of hydrogen-bond donors (Lipinski definition) is 1. The minimum Gasteiger partial charge on any atom is -0.356 e. The van der Waals surface area contributed by atoms with Crippen molar-refractivity contribution in [2.24, 2.45) is 0 Å². The number of piperidine rings is 1. The Morgan fingerprint density at radius 2 is 1.78 bits per heavy atom. The van der Waals surface area contributed by atoms with Gasteiger partial charge >= 0.3 is 0 Å². The normalized spacial score (nSPS) is 15.0. The number of hydrogen-bond acceptors (Lipinski definition) is 4. The van der Waals surface area contributed by atoms with Gasteiger partial charge in [-0.05, 0) is 43.7 Å². The Morgan fingerprint density at radius 3 is 2.52 bits per heavy atom. The molecule has 3 rings (SSSR count). The summed E-state index contributed by atoms with van der Waals surface area (Å²) >= 11 is 0. The van der Waals surface area contributed by atoms with Crippen LogP contribution in [0.1, 0.15) is 50.4 Å². The molecular weight excluding hydrogens is 284 g/mol. The Balaban J connectivity index is 1.87. The van der Waals surface area contributed by atoms with Crippen LogP contribution in [-0.4, -0.2) is 23.1 Å². The summed E-state index contributed by atoms with van der Waals surface area (Å²) in [6.45, 7) is 8.58. The smallest absolute Gasteiger partial charge is 0.136 e. The average molecular weight is 310 g/mol. The number of aromatic nitrogens is 2. The molecule has 2 aromatic rings. The zero-order valence-corrected chi connectivity index (χ0v) is 14.3. The molecule has 4 heteroatoms. The van der Waals surface area contributed by atoms with Gasteiger partial charge in [0.05, 0.1) is 0 Å². The number of rotatable bonds is 4. The molecule has 1 N–H and O–H groups in total. The van der Waals surface area contributed by atoms with Crippen molar-refractivity contribution < 1.29 is 0 Å². The highest BCUT2D eigenvalue weighted by atomic mass is 15.2. The van der Waals surface area contributed by atoms with Crippen molar-refractivity contribution in [3.05, 3.63) is 41.7 Å². The van der Waals surface area contributed by atoms with Crippen molar-refractivity contribution in [2.75, 3.05) is 23.3 Å². The molecule has 0 unspecified atom stereocenters. The first-order valence-corrected chi connectivity index (χ1v) is 8.60. The summed E-state index contributed by atoms with van der Waals surface area (Å²) in [7, 11) is 0. The zero-order valence-electron chi connectivity index (χ0n) is 14.3. The minimum atomic E-state index is 0.475. The number of benzene rings is 1. The van der Waals surface area contributed by atoms with Crippen LogP contribution in [0.15, 0.2) is 30.3 Å². The molecule has 122 valence electrons. The number of nitrogens with one attached hydrogen (secondary N) is 1. The molecule has 1 saturated heterocycles. The molecule has 23 heavy (non-hydrogen) atoms. The highest BCUT2D eigenvalue weighted by Crippen LogP contribution is 2.28. The number of para-hydroxylation sites is 1. The molecule has 0 radical (unpaired) electrons. The lowest BCUT2D eigenvalue weighted by atomic mass is 10.0. The monoisotopic (exact) mass is 310 g/mol. The summed E-state index contributed by atoms with van der Waals surface area (Å²) in [5.41, 5.74) is 2.44. The molecule has 0 atom stereocenters. The Bertz CT molecular complexity index is 660. The second-order valence-electron chi connectivity index (χ2n) is 6.57. The standard InChI is InChI=1S/C19H26N4/c1-14(2)16-9-5-6-10-17(16)22-18-13-19(21-15(3)20-18)23-11-7-4-8-12-23/h5-6,9-10,13-14H,4,7-8,11-12H2,1-3H3,(H,20,21,22). The van der Waals surface area contributed by atoms with E-state index in [1.54, 1.807) is 0 Å². The summed E-state index contributed by atoms with van der Waals surface area (Å²) < 4.78 is 0. The zero-order chi connectivity index (χ0) is 16.2. The fourth-order valence-electron chi connectivity index (χ4n) is 3.15. The second-order valence-corrected chi connectivity index (χ2v) is 6.57. The Morgan fingerprint density at radius 1 is 1.04 bits per heavy atom. The molecule has 2 heterocycles. The third-order valence-electron chi connectivity index (χ3n) is 4.35. The summed E-state index contributed by atoms with van der Waals surface area (Å²) in [6.07, 6.45) is 3.83. The second kappa shape index (κ2) is 6.99. The maximum Gasteiger partial charge on any atom is 0.136 e. The van der Waals surface area contributed by atoms with E-state index < -0.39 is 0 Å². The lowest BCUT2D eigenvalue weighted by Crippen LogP contribution is -2.30.